The summed E-state index contributed by atoms with van der Waals surface area (Å²) in [6, 6.07) is -0.221. The fourth-order valence-electron chi connectivity index (χ4n) is 7.97. The van der Waals surface area contributed by atoms with Gasteiger partial charge < -0.3 is 26.2 Å². The van der Waals surface area contributed by atoms with Crippen LogP contribution in [0.2, 0.25) is 0 Å². The van der Waals surface area contributed by atoms with E-state index in [1.165, 1.54) is 19.0 Å². The molecular weight excluding hydrogens is 595 g/mol. The number of carbonyl (C=O) groups is 3. The quantitative estimate of drug-likeness (QED) is 0.271. The smallest absolute Gasteiger partial charge is 0.417 e. The molecule has 6 N–H and O–H groups in total. The third-order valence-corrected chi connectivity index (χ3v) is 10.5. The van der Waals surface area contributed by atoms with Crippen molar-refractivity contribution in [1.29, 1.82) is 0 Å². The minimum Gasteiger partial charge on any atom is -0.510 e. The van der Waals surface area contributed by atoms with E-state index in [2.05, 4.69) is 0 Å². The highest BCUT2D eigenvalue weighted by atomic mass is 19.4. The van der Waals surface area contributed by atoms with Gasteiger partial charge in [-0.1, -0.05) is 0 Å². The SMILES string of the molecule is C[C@H](C1CC1)N(Cc1cc(O)c2c(c1C(F)(F)F)C[C@H]1C[C@H]3[C@H](N(C)C)C(O)=C(C(N)=O)C(=O)[C@@]3(O)C(O)=C1C2=O)CC1CC1. The lowest BCUT2D eigenvalue weighted by atomic mass is 9.58. The van der Waals surface area contributed by atoms with Crippen LogP contribution >= 0.6 is 0 Å². The Bertz CT molecular complexity index is 1560. The molecule has 0 aromatic heterocycles. The number of aliphatic hydroxyl groups excluding tert-OH is 2. The molecule has 0 bridgehead atoms. The largest absolute Gasteiger partial charge is 0.510 e. The Balaban J connectivity index is 1.48. The van der Waals surface area contributed by atoms with Crippen molar-refractivity contribution in [1.82, 2.24) is 9.80 Å². The number of alkyl halides is 3. The van der Waals surface area contributed by atoms with Gasteiger partial charge in [0.05, 0.1) is 17.2 Å². The van der Waals surface area contributed by atoms with Crippen molar-refractivity contribution in [2.45, 2.75) is 75.9 Å². The molecule has 2 saturated carbocycles. The highest BCUT2D eigenvalue weighted by Crippen LogP contribution is 2.54. The number of nitrogens with two attached hydrogens (primary N) is 1. The van der Waals surface area contributed by atoms with Crippen LogP contribution in [0.4, 0.5) is 13.2 Å². The molecule has 0 spiro atoms. The number of phenolic OH excluding ortho intramolecular Hbond substituents is 1. The first kappa shape index (κ1) is 31.6. The lowest BCUT2D eigenvalue weighted by Crippen LogP contribution is -2.63. The lowest BCUT2D eigenvalue weighted by Gasteiger charge is -2.50. The first-order valence-corrected chi connectivity index (χ1v) is 15.3. The van der Waals surface area contributed by atoms with E-state index in [-0.39, 0.29) is 24.6 Å². The van der Waals surface area contributed by atoms with Gasteiger partial charge in [-0.2, -0.15) is 13.2 Å². The minimum absolute atomic E-state index is 0.0480. The Labute approximate surface area is 258 Å². The van der Waals surface area contributed by atoms with Gasteiger partial charge in [0.25, 0.3) is 5.91 Å². The molecule has 0 unspecified atom stereocenters. The monoisotopic (exact) mass is 633 g/mol. The zero-order valence-electron chi connectivity index (χ0n) is 25.3. The van der Waals surface area contributed by atoms with Gasteiger partial charge in [0.15, 0.2) is 11.4 Å². The molecule has 10 nitrogen and oxygen atoms in total. The van der Waals surface area contributed by atoms with E-state index in [1.54, 1.807) is 0 Å². The van der Waals surface area contributed by atoms with Gasteiger partial charge in [0, 0.05) is 30.6 Å². The number of likely N-dealkylation sites (N-methyl/N-ethyl adjacent to an activating group) is 1. The number of phenols is 1. The summed E-state index contributed by atoms with van der Waals surface area (Å²) in [5, 5.41) is 45.2. The summed E-state index contributed by atoms with van der Waals surface area (Å²) in [6.07, 6.45) is -1.56. The number of hydrogen-bond acceptors (Lipinski definition) is 9. The Morgan fingerprint density at radius 3 is 2.31 bits per heavy atom. The van der Waals surface area contributed by atoms with Crippen LogP contribution < -0.4 is 5.73 Å². The second kappa shape index (κ2) is 10.6. The van der Waals surface area contributed by atoms with Gasteiger partial charge in [-0.15, -0.1) is 0 Å². The molecule has 0 radical (unpaired) electrons. The number of rotatable bonds is 8. The van der Waals surface area contributed by atoms with Crippen molar-refractivity contribution in [2.75, 3.05) is 20.6 Å². The van der Waals surface area contributed by atoms with E-state index in [0.717, 1.165) is 31.7 Å². The number of carbonyl (C=O) groups excluding carboxylic acids is 3. The summed E-state index contributed by atoms with van der Waals surface area (Å²) < 4.78 is 44.9. The number of Topliss-reactive ketones (excluding diaryl/α,β-unsaturated/α-hetero) is 2. The van der Waals surface area contributed by atoms with E-state index in [0.29, 0.717) is 18.4 Å². The summed E-state index contributed by atoms with van der Waals surface area (Å²) >= 11 is 0. The number of primary amides is 1. The van der Waals surface area contributed by atoms with E-state index < -0.39 is 98.7 Å². The van der Waals surface area contributed by atoms with Crippen molar-refractivity contribution < 1.29 is 48.0 Å². The minimum atomic E-state index is -4.88. The zero-order valence-corrected chi connectivity index (χ0v) is 25.3. The normalized spacial score (nSPS) is 29.2. The number of fused-ring (bicyclic) bond motifs is 3. The molecule has 5 aliphatic rings. The second-order valence-corrected chi connectivity index (χ2v) is 13.7. The molecule has 244 valence electrons. The first-order chi connectivity index (χ1) is 21.0. The molecule has 13 heteroatoms. The van der Waals surface area contributed by atoms with Crippen molar-refractivity contribution >= 4 is 17.5 Å². The number of allylic oxidation sites excluding steroid dienone is 1. The average Bonchev–Trinajstić information content (AvgIpc) is 3.84. The molecule has 5 atom stereocenters. The van der Waals surface area contributed by atoms with Crippen LogP contribution in [-0.4, -0.2) is 86.0 Å². The molecule has 0 heterocycles. The number of amides is 1. The second-order valence-electron chi connectivity index (χ2n) is 13.7. The molecule has 2 fully saturated rings. The molecule has 0 aliphatic heterocycles. The van der Waals surface area contributed by atoms with Crippen LogP contribution in [-0.2, 0) is 28.7 Å². The molecule has 0 saturated heterocycles. The summed E-state index contributed by atoms with van der Waals surface area (Å²) in [6.45, 7) is 2.59. The van der Waals surface area contributed by atoms with Gasteiger partial charge in [0.1, 0.15) is 22.8 Å². The van der Waals surface area contributed by atoms with Gasteiger partial charge in [-0.3, -0.25) is 24.2 Å². The number of aliphatic hydroxyl groups is 3. The molecule has 1 amide bonds. The number of hydrogen-bond donors (Lipinski definition) is 5. The average molecular weight is 634 g/mol. The third kappa shape index (κ3) is 4.94. The predicted molar refractivity (Wildman–Crippen MR) is 154 cm³/mol. The first-order valence-electron chi connectivity index (χ1n) is 15.3. The highest BCUT2D eigenvalue weighted by Gasteiger charge is 2.63. The summed E-state index contributed by atoms with van der Waals surface area (Å²) in [7, 11) is 2.96. The van der Waals surface area contributed by atoms with Crippen molar-refractivity contribution in [2.24, 2.45) is 29.4 Å². The van der Waals surface area contributed by atoms with Crippen molar-refractivity contribution in [3.63, 3.8) is 0 Å². The summed E-state index contributed by atoms with van der Waals surface area (Å²) in [5.41, 5.74) is -1.17. The van der Waals surface area contributed by atoms with Crippen LogP contribution in [0.3, 0.4) is 0 Å². The maximum absolute atomic E-state index is 15.0. The third-order valence-electron chi connectivity index (χ3n) is 10.5. The van der Waals surface area contributed by atoms with E-state index in [1.807, 2.05) is 11.8 Å². The maximum atomic E-state index is 15.0. The standard InChI is InChI=1S/C32H38F3N3O7/c1-13(15-6-7-15)38(11-14-4-5-14)12-17-10-20(39)22-18(24(17)32(33,34)35)8-16-9-19-25(37(2)3)27(41)23(30(36)44)29(43)31(19,45)28(42)21(16)26(22)40/h10,13-16,19,25,39,41-42,45H,4-9,11-12H2,1-3H3,(H2,36,44)/t13-,16+,19+,25+,31+/m1/s1. The van der Waals surface area contributed by atoms with E-state index in [9.17, 15) is 48.0 Å². The Morgan fingerprint density at radius 1 is 1.13 bits per heavy atom. The van der Waals surface area contributed by atoms with Crippen molar-refractivity contribution in [3.8, 4) is 5.75 Å². The van der Waals surface area contributed by atoms with Gasteiger partial charge in [-0.05, 0) is 94.5 Å². The Morgan fingerprint density at radius 2 is 1.78 bits per heavy atom. The number of nitrogens with zero attached hydrogens (tertiary/aromatic N) is 2. The molecular formula is C32H38F3N3O7. The predicted octanol–water partition coefficient (Wildman–Crippen LogP) is 3.15. The lowest BCUT2D eigenvalue weighted by molar-refractivity contribution is -0.148. The highest BCUT2D eigenvalue weighted by molar-refractivity contribution is 6.24. The van der Waals surface area contributed by atoms with E-state index in [4.69, 9.17) is 5.73 Å². The van der Waals surface area contributed by atoms with Gasteiger partial charge >= 0.3 is 6.18 Å². The van der Waals surface area contributed by atoms with Crippen molar-refractivity contribution in [3.05, 3.63) is 51.0 Å². The van der Waals surface area contributed by atoms with Crippen LogP contribution in [0.25, 0.3) is 0 Å². The van der Waals surface area contributed by atoms with Crippen LogP contribution in [0, 0.1) is 23.7 Å². The van der Waals surface area contributed by atoms with E-state index >= 15 is 0 Å². The molecule has 5 aliphatic carbocycles. The summed E-state index contributed by atoms with van der Waals surface area (Å²) in [4.78, 5) is 42.9. The number of ketones is 2. The number of benzene rings is 1. The molecule has 1 aromatic rings. The zero-order chi connectivity index (χ0) is 32.9. The van der Waals surface area contributed by atoms with Crippen LogP contribution in [0.1, 0.15) is 66.1 Å². The number of halogens is 3. The fraction of sp³-hybridized carbons (Fsp3) is 0.594. The van der Waals surface area contributed by atoms with Crippen LogP contribution in [0.15, 0.2) is 28.7 Å². The Hall–Kier alpha value is -3.42. The number of aromatic hydroxyl groups is 1. The van der Waals surface area contributed by atoms with Gasteiger partial charge in [-0.25, -0.2) is 0 Å². The summed E-state index contributed by atoms with van der Waals surface area (Å²) in [5.74, 6) is -8.09. The fourth-order valence-corrected chi connectivity index (χ4v) is 7.97. The molecule has 1 aromatic carbocycles. The Kier molecular flexibility index (Phi) is 7.41. The topological polar surface area (TPSA) is 165 Å². The van der Waals surface area contributed by atoms with Gasteiger partial charge in [0.2, 0.25) is 5.78 Å². The molecule has 6 rings (SSSR count). The molecule has 45 heavy (non-hydrogen) atoms. The maximum Gasteiger partial charge on any atom is 0.417 e. The van der Waals surface area contributed by atoms with Crippen LogP contribution in [0.5, 0.6) is 5.75 Å².